The normalized spacial score (nSPS) is 11.1. The Kier molecular flexibility index (Phi) is 5.15. The molecule has 3 aromatic rings. The Bertz CT molecular complexity index is 885. The second kappa shape index (κ2) is 7.33. The van der Waals surface area contributed by atoms with Crippen molar-refractivity contribution in [2.45, 2.75) is 20.3 Å². The molecule has 0 unspecified atom stereocenters. The lowest BCUT2D eigenvalue weighted by molar-refractivity contribution is 0.101. The quantitative estimate of drug-likeness (QED) is 0.730. The van der Waals surface area contributed by atoms with Crippen molar-refractivity contribution < 1.29 is 4.79 Å². The van der Waals surface area contributed by atoms with Crippen molar-refractivity contribution >= 4 is 34.0 Å². The van der Waals surface area contributed by atoms with Crippen LogP contribution in [0, 0.1) is 5.92 Å². The molecule has 6 nitrogen and oxygen atoms in total. The molecule has 0 saturated heterocycles. The van der Waals surface area contributed by atoms with Gasteiger partial charge in [0.1, 0.15) is 10.7 Å². The zero-order chi connectivity index (χ0) is 18.0. The minimum absolute atomic E-state index is 0.262. The van der Waals surface area contributed by atoms with Gasteiger partial charge in [-0.1, -0.05) is 48.9 Å². The molecule has 0 saturated carbocycles. The topological polar surface area (TPSA) is 72.7 Å². The molecule has 0 fully saturated rings. The molecule has 2 aromatic heterocycles. The van der Waals surface area contributed by atoms with Crippen molar-refractivity contribution in [1.29, 1.82) is 0 Å². The maximum Gasteiger partial charge on any atom is 0.275 e. The Morgan fingerprint density at radius 3 is 2.68 bits per heavy atom. The van der Waals surface area contributed by atoms with Gasteiger partial charge in [0.15, 0.2) is 0 Å². The Morgan fingerprint density at radius 1 is 1.28 bits per heavy atom. The maximum absolute atomic E-state index is 12.5. The Hall–Kier alpha value is -2.25. The summed E-state index contributed by atoms with van der Waals surface area (Å²) in [5.41, 5.74) is 2.06. The number of rotatable bonds is 5. The number of nitrogens with zero attached hydrogens (tertiary/aromatic N) is 4. The first-order valence-corrected chi connectivity index (χ1v) is 9.05. The van der Waals surface area contributed by atoms with Crippen LogP contribution in [0.15, 0.2) is 30.3 Å². The molecule has 1 aromatic carbocycles. The van der Waals surface area contributed by atoms with Gasteiger partial charge in [0.05, 0.1) is 5.69 Å². The van der Waals surface area contributed by atoms with Gasteiger partial charge in [0.25, 0.3) is 5.91 Å². The summed E-state index contributed by atoms with van der Waals surface area (Å²) in [6.45, 7) is 4.24. The Balaban J connectivity index is 1.76. The lowest BCUT2D eigenvalue weighted by Gasteiger charge is -2.00. The monoisotopic (exact) mass is 375 g/mol. The van der Waals surface area contributed by atoms with Crippen LogP contribution in [0.1, 0.15) is 29.3 Å². The summed E-state index contributed by atoms with van der Waals surface area (Å²) in [6.07, 6.45) is 0.847. The largest absolute Gasteiger partial charge is 0.295 e. The molecule has 3 rings (SSSR count). The van der Waals surface area contributed by atoms with Gasteiger partial charge in [-0.2, -0.15) is 5.10 Å². The number of carbonyl (C=O) groups excluding carboxylic acids is 1. The summed E-state index contributed by atoms with van der Waals surface area (Å²) in [5.74, 6) is 0.234. The van der Waals surface area contributed by atoms with Crippen molar-refractivity contribution in [3.8, 4) is 11.3 Å². The molecule has 0 atom stereocenters. The zero-order valence-electron chi connectivity index (χ0n) is 14.2. The van der Waals surface area contributed by atoms with Crippen molar-refractivity contribution in [2.24, 2.45) is 13.0 Å². The lowest BCUT2D eigenvalue weighted by atomic mass is 10.1. The Labute approximate surface area is 154 Å². The van der Waals surface area contributed by atoms with E-state index in [0.717, 1.165) is 17.0 Å². The predicted octanol–water partition coefficient (Wildman–Crippen LogP) is 4.04. The molecule has 0 aliphatic heterocycles. The second-order valence-corrected chi connectivity index (χ2v) is 7.60. The first-order valence-electron chi connectivity index (χ1n) is 7.86. The van der Waals surface area contributed by atoms with Crippen LogP contribution >= 0.6 is 22.9 Å². The molecule has 130 valence electrons. The van der Waals surface area contributed by atoms with E-state index in [2.05, 4.69) is 34.5 Å². The third-order valence-electron chi connectivity index (χ3n) is 3.52. The van der Waals surface area contributed by atoms with Gasteiger partial charge in [-0.05, 0) is 24.1 Å². The third-order valence-corrected chi connectivity index (χ3v) is 4.64. The number of hydrogen-bond acceptors (Lipinski definition) is 5. The maximum atomic E-state index is 12.5. The van der Waals surface area contributed by atoms with E-state index in [0.29, 0.717) is 27.5 Å². The molecule has 0 aliphatic rings. The van der Waals surface area contributed by atoms with Crippen LogP contribution in [-0.4, -0.2) is 25.9 Å². The van der Waals surface area contributed by atoms with Crippen molar-refractivity contribution in [3.63, 3.8) is 0 Å². The summed E-state index contributed by atoms with van der Waals surface area (Å²) < 4.78 is 1.55. The van der Waals surface area contributed by atoms with Gasteiger partial charge in [-0.15, -0.1) is 10.2 Å². The number of amides is 1. The molecule has 0 radical (unpaired) electrons. The number of halogens is 1. The van der Waals surface area contributed by atoms with Crippen LogP contribution in [0.25, 0.3) is 11.3 Å². The molecule has 0 spiro atoms. The fourth-order valence-electron chi connectivity index (χ4n) is 2.34. The highest BCUT2D eigenvalue weighted by atomic mass is 35.5. The van der Waals surface area contributed by atoms with E-state index in [-0.39, 0.29) is 5.91 Å². The van der Waals surface area contributed by atoms with E-state index in [1.165, 1.54) is 11.3 Å². The number of nitrogens with one attached hydrogen (secondary N) is 1. The molecular weight excluding hydrogens is 358 g/mol. The molecule has 0 bridgehead atoms. The SMILES string of the molecule is CC(C)Cc1nnc(NC(=O)c2cc(-c3ccc(Cl)cc3)nn2C)s1. The van der Waals surface area contributed by atoms with E-state index < -0.39 is 0 Å². The molecule has 25 heavy (non-hydrogen) atoms. The van der Waals surface area contributed by atoms with Gasteiger partial charge >= 0.3 is 0 Å². The van der Waals surface area contributed by atoms with Crippen LogP contribution in [0.3, 0.4) is 0 Å². The highest BCUT2D eigenvalue weighted by molar-refractivity contribution is 7.15. The average Bonchev–Trinajstić information content (AvgIpc) is 3.14. The summed E-state index contributed by atoms with van der Waals surface area (Å²) in [6, 6.07) is 9.07. The average molecular weight is 376 g/mol. The van der Waals surface area contributed by atoms with Gasteiger partial charge in [0, 0.05) is 24.1 Å². The van der Waals surface area contributed by atoms with E-state index in [9.17, 15) is 4.79 Å². The van der Waals surface area contributed by atoms with Crippen LogP contribution < -0.4 is 5.32 Å². The Morgan fingerprint density at radius 2 is 2.00 bits per heavy atom. The lowest BCUT2D eigenvalue weighted by Crippen LogP contribution is -2.15. The summed E-state index contributed by atoms with van der Waals surface area (Å²) in [4.78, 5) is 12.5. The summed E-state index contributed by atoms with van der Waals surface area (Å²) in [7, 11) is 1.73. The predicted molar refractivity (Wildman–Crippen MR) is 100 cm³/mol. The molecular formula is C17H18ClN5OS. The number of aryl methyl sites for hydroxylation is 1. The van der Waals surface area contributed by atoms with Crippen LogP contribution in [-0.2, 0) is 13.5 Å². The number of hydrogen-bond donors (Lipinski definition) is 1. The highest BCUT2D eigenvalue weighted by Crippen LogP contribution is 2.23. The van der Waals surface area contributed by atoms with E-state index in [1.54, 1.807) is 29.9 Å². The van der Waals surface area contributed by atoms with Crippen LogP contribution in [0.2, 0.25) is 5.02 Å². The van der Waals surface area contributed by atoms with E-state index in [1.807, 2.05) is 12.1 Å². The fourth-order valence-corrected chi connectivity index (χ4v) is 3.41. The zero-order valence-corrected chi connectivity index (χ0v) is 15.7. The molecule has 8 heteroatoms. The smallest absolute Gasteiger partial charge is 0.275 e. The van der Waals surface area contributed by atoms with Crippen LogP contribution in [0.5, 0.6) is 0 Å². The fraction of sp³-hybridized carbons (Fsp3) is 0.294. The van der Waals surface area contributed by atoms with Crippen LogP contribution in [0.4, 0.5) is 5.13 Å². The number of aromatic nitrogens is 4. The second-order valence-electron chi connectivity index (χ2n) is 6.10. The van der Waals surface area contributed by atoms with Gasteiger partial charge in [-0.25, -0.2) is 0 Å². The summed E-state index contributed by atoms with van der Waals surface area (Å²) in [5, 5.41) is 17.4. The van der Waals surface area contributed by atoms with E-state index in [4.69, 9.17) is 11.6 Å². The standard InChI is InChI=1S/C17H18ClN5OS/c1-10(2)8-15-20-21-17(25-15)19-16(24)14-9-13(22-23(14)3)11-4-6-12(18)7-5-11/h4-7,9-10H,8H2,1-3H3,(H,19,21,24). The molecule has 1 N–H and O–H groups in total. The van der Waals surface area contributed by atoms with Gasteiger partial charge in [-0.3, -0.25) is 14.8 Å². The first-order chi connectivity index (χ1) is 11.9. The number of carbonyl (C=O) groups is 1. The number of anilines is 1. The number of benzene rings is 1. The van der Waals surface area contributed by atoms with Crippen molar-refractivity contribution in [3.05, 3.63) is 46.1 Å². The third kappa shape index (κ3) is 4.24. The highest BCUT2D eigenvalue weighted by Gasteiger charge is 2.16. The first kappa shape index (κ1) is 17.6. The summed E-state index contributed by atoms with van der Waals surface area (Å²) >= 11 is 7.30. The van der Waals surface area contributed by atoms with Crippen molar-refractivity contribution in [1.82, 2.24) is 20.0 Å². The minimum Gasteiger partial charge on any atom is -0.295 e. The van der Waals surface area contributed by atoms with Crippen molar-refractivity contribution in [2.75, 3.05) is 5.32 Å². The molecule has 1 amide bonds. The van der Waals surface area contributed by atoms with Gasteiger partial charge in [0.2, 0.25) is 5.13 Å². The molecule has 0 aliphatic carbocycles. The minimum atomic E-state index is -0.262. The molecule has 2 heterocycles. The van der Waals surface area contributed by atoms with E-state index >= 15 is 0 Å². The van der Waals surface area contributed by atoms with Gasteiger partial charge < -0.3 is 0 Å².